The molecule has 1 aromatic heterocycles. The molecule has 0 saturated heterocycles. The van der Waals surface area contributed by atoms with Crippen molar-refractivity contribution in [1.29, 1.82) is 0 Å². The van der Waals surface area contributed by atoms with Crippen LogP contribution in [0.4, 0.5) is 0 Å². The van der Waals surface area contributed by atoms with Crippen LogP contribution in [0, 0.1) is 0 Å². The van der Waals surface area contributed by atoms with Crippen LogP contribution in [0.1, 0.15) is 37.5 Å². The second-order valence-corrected chi connectivity index (χ2v) is 8.58. The number of halogens is 1. The molecule has 166 valence electrons. The summed E-state index contributed by atoms with van der Waals surface area (Å²) in [7, 11) is 1.38. The first-order chi connectivity index (χ1) is 16.1. The fourth-order valence-electron chi connectivity index (χ4n) is 4.60. The third-order valence-electron chi connectivity index (χ3n) is 6.27. The number of methoxy groups -OCH3 is 1. The van der Waals surface area contributed by atoms with Crippen LogP contribution in [0.3, 0.4) is 0 Å². The van der Waals surface area contributed by atoms with Gasteiger partial charge in [-0.05, 0) is 47.9 Å². The lowest BCUT2D eigenvalue weighted by Crippen LogP contribution is -2.36. The number of esters is 1. The topological polar surface area (TPSA) is 51.5 Å². The highest BCUT2D eigenvalue weighted by molar-refractivity contribution is 6.33. The zero-order chi connectivity index (χ0) is 22.9. The van der Waals surface area contributed by atoms with Gasteiger partial charge in [0.1, 0.15) is 0 Å². The highest BCUT2D eigenvalue weighted by atomic mass is 35.5. The number of rotatable bonds is 4. The minimum absolute atomic E-state index is 0.0505. The van der Waals surface area contributed by atoms with E-state index < -0.39 is 0 Å². The molecule has 1 amide bonds. The lowest BCUT2D eigenvalue weighted by Gasteiger charge is -2.29. The van der Waals surface area contributed by atoms with E-state index in [0.29, 0.717) is 35.8 Å². The van der Waals surface area contributed by atoms with E-state index >= 15 is 0 Å². The average molecular weight is 459 g/mol. The van der Waals surface area contributed by atoms with Crippen LogP contribution in [0.25, 0.3) is 10.9 Å². The third-order valence-corrected chi connectivity index (χ3v) is 6.60. The molecular formula is C27H23ClN2O3. The molecule has 1 aliphatic heterocycles. The Morgan fingerprint density at radius 3 is 2.45 bits per heavy atom. The second kappa shape index (κ2) is 8.75. The predicted octanol–water partition coefficient (Wildman–Crippen LogP) is 5.33. The van der Waals surface area contributed by atoms with Gasteiger partial charge in [-0.2, -0.15) is 0 Å². The molecule has 4 aromatic rings. The molecule has 33 heavy (non-hydrogen) atoms. The SMILES string of the molecule is COC(=O)c1ccc(Cn2c3c(c4ccccc42)CCN(C(=O)c2ccccc2Cl)C3)cc1. The average Bonchev–Trinajstić information content (AvgIpc) is 3.17. The van der Waals surface area contributed by atoms with Crippen molar-refractivity contribution < 1.29 is 14.3 Å². The van der Waals surface area contributed by atoms with Crippen molar-refractivity contribution in [2.75, 3.05) is 13.7 Å². The van der Waals surface area contributed by atoms with Crippen molar-refractivity contribution >= 4 is 34.4 Å². The molecule has 5 rings (SSSR count). The lowest BCUT2D eigenvalue weighted by molar-refractivity contribution is 0.0600. The van der Waals surface area contributed by atoms with E-state index in [9.17, 15) is 9.59 Å². The van der Waals surface area contributed by atoms with Gasteiger partial charge in [-0.25, -0.2) is 4.79 Å². The van der Waals surface area contributed by atoms with Gasteiger partial charge in [0.05, 0.1) is 29.8 Å². The van der Waals surface area contributed by atoms with Crippen LogP contribution in [0.15, 0.2) is 72.8 Å². The van der Waals surface area contributed by atoms with Crippen molar-refractivity contribution in [3.8, 4) is 0 Å². The maximum atomic E-state index is 13.2. The summed E-state index contributed by atoms with van der Waals surface area (Å²) in [5.74, 6) is -0.399. The number of carbonyl (C=O) groups excluding carboxylic acids is 2. The summed E-state index contributed by atoms with van der Waals surface area (Å²) >= 11 is 6.30. The molecule has 0 N–H and O–H groups in total. The van der Waals surface area contributed by atoms with Crippen LogP contribution in [-0.2, 0) is 24.2 Å². The fourth-order valence-corrected chi connectivity index (χ4v) is 4.82. The Balaban J connectivity index is 1.51. The number of hydrogen-bond acceptors (Lipinski definition) is 3. The van der Waals surface area contributed by atoms with E-state index in [-0.39, 0.29) is 11.9 Å². The van der Waals surface area contributed by atoms with Gasteiger partial charge in [0.2, 0.25) is 0 Å². The minimum Gasteiger partial charge on any atom is -0.465 e. The van der Waals surface area contributed by atoms with Crippen molar-refractivity contribution in [2.24, 2.45) is 0 Å². The van der Waals surface area contributed by atoms with Gasteiger partial charge in [0.25, 0.3) is 5.91 Å². The minimum atomic E-state index is -0.348. The molecule has 3 aromatic carbocycles. The summed E-state index contributed by atoms with van der Waals surface area (Å²) in [4.78, 5) is 26.9. The van der Waals surface area contributed by atoms with Gasteiger partial charge >= 0.3 is 5.97 Å². The van der Waals surface area contributed by atoms with Crippen LogP contribution < -0.4 is 0 Å². The van der Waals surface area contributed by atoms with Gasteiger partial charge in [-0.1, -0.05) is 54.1 Å². The lowest BCUT2D eigenvalue weighted by atomic mass is 10.0. The molecular weight excluding hydrogens is 436 g/mol. The molecule has 0 atom stereocenters. The number of para-hydroxylation sites is 1. The van der Waals surface area contributed by atoms with Crippen molar-refractivity contribution in [3.05, 3.63) is 106 Å². The van der Waals surface area contributed by atoms with Gasteiger partial charge in [0, 0.05) is 29.7 Å². The number of fused-ring (bicyclic) bond motifs is 3. The molecule has 0 fully saturated rings. The molecule has 1 aliphatic rings. The molecule has 0 unspecified atom stereocenters. The summed E-state index contributed by atoms with van der Waals surface area (Å²) < 4.78 is 7.08. The largest absolute Gasteiger partial charge is 0.465 e. The van der Waals surface area contributed by atoms with Crippen molar-refractivity contribution in [2.45, 2.75) is 19.5 Å². The molecule has 0 saturated carbocycles. The summed E-state index contributed by atoms with van der Waals surface area (Å²) in [6, 6.07) is 23.0. The monoisotopic (exact) mass is 458 g/mol. The number of ether oxygens (including phenoxy) is 1. The molecule has 2 heterocycles. The third kappa shape index (κ3) is 3.89. The zero-order valence-electron chi connectivity index (χ0n) is 18.3. The Morgan fingerprint density at radius 2 is 1.70 bits per heavy atom. The zero-order valence-corrected chi connectivity index (χ0v) is 19.0. The highest BCUT2D eigenvalue weighted by Crippen LogP contribution is 2.32. The van der Waals surface area contributed by atoms with E-state index in [1.807, 2.05) is 35.2 Å². The number of nitrogens with zero attached hydrogens (tertiary/aromatic N) is 2. The predicted molar refractivity (Wildman–Crippen MR) is 129 cm³/mol. The molecule has 0 spiro atoms. The Hall–Kier alpha value is -3.57. The Labute approximate surface area is 197 Å². The van der Waals surface area contributed by atoms with Gasteiger partial charge in [-0.15, -0.1) is 0 Å². The summed E-state index contributed by atoms with van der Waals surface area (Å²) in [6.45, 7) is 1.82. The van der Waals surface area contributed by atoms with Crippen LogP contribution in [0.5, 0.6) is 0 Å². The van der Waals surface area contributed by atoms with E-state index in [1.165, 1.54) is 18.1 Å². The van der Waals surface area contributed by atoms with Crippen LogP contribution in [-0.4, -0.2) is 35.0 Å². The van der Waals surface area contributed by atoms with Crippen molar-refractivity contribution in [3.63, 3.8) is 0 Å². The highest BCUT2D eigenvalue weighted by Gasteiger charge is 2.28. The second-order valence-electron chi connectivity index (χ2n) is 8.17. The smallest absolute Gasteiger partial charge is 0.337 e. The quantitative estimate of drug-likeness (QED) is 0.388. The summed E-state index contributed by atoms with van der Waals surface area (Å²) in [5.41, 5.74) is 5.70. The van der Waals surface area contributed by atoms with Crippen LogP contribution in [0.2, 0.25) is 5.02 Å². The number of carbonyl (C=O) groups is 2. The van der Waals surface area contributed by atoms with E-state index in [0.717, 1.165) is 23.2 Å². The Morgan fingerprint density at radius 1 is 0.970 bits per heavy atom. The number of amides is 1. The molecule has 0 aliphatic carbocycles. The molecule has 0 radical (unpaired) electrons. The fraction of sp³-hybridized carbons (Fsp3) is 0.185. The number of aromatic nitrogens is 1. The first-order valence-electron chi connectivity index (χ1n) is 10.9. The van der Waals surface area contributed by atoms with Crippen LogP contribution >= 0.6 is 11.6 Å². The molecule has 6 heteroatoms. The van der Waals surface area contributed by atoms with Gasteiger partial charge in [0.15, 0.2) is 0 Å². The molecule has 5 nitrogen and oxygen atoms in total. The maximum Gasteiger partial charge on any atom is 0.337 e. The number of benzene rings is 3. The van der Waals surface area contributed by atoms with Gasteiger partial charge in [-0.3, -0.25) is 4.79 Å². The van der Waals surface area contributed by atoms with E-state index in [2.05, 4.69) is 22.8 Å². The van der Waals surface area contributed by atoms with Crippen molar-refractivity contribution in [1.82, 2.24) is 9.47 Å². The maximum absolute atomic E-state index is 13.2. The number of hydrogen-bond donors (Lipinski definition) is 0. The molecule has 0 bridgehead atoms. The standard InChI is InChI=1S/C27H23ClN2O3/c1-33-27(32)19-12-10-18(11-13-19)16-30-24-9-5-3-6-20(24)21-14-15-29(17-25(21)30)26(31)22-7-2-4-8-23(22)28/h2-13H,14-17H2,1H3. The first kappa shape index (κ1) is 21.3. The first-order valence-corrected chi connectivity index (χ1v) is 11.2. The summed E-state index contributed by atoms with van der Waals surface area (Å²) in [6.07, 6.45) is 0.792. The summed E-state index contributed by atoms with van der Waals surface area (Å²) in [5, 5.41) is 1.70. The normalized spacial score (nSPS) is 13.1. The van der Waals surface area contributed by atoms with Gasteiger partial charge < -0.3 is 14.2 Å². The van der Waals surface area contributed by atoms with E-state index in [4.69, 9.17) is 16.3 Å². The Bertz CT molecular complexity index is 1360. The van der Waals surface area contributed by atoms with E-state index in [1.54, 1.807) is 24.3 Å². The Kier molecular flexibility index (Phi) is 5.65.